The summed E-state index contributed by atoms with van der Waals surface area (Å²) >= 11 is 0. The standard InChI is InChI=1S/C21H22FN7/c1-2-5-15-17(24-13-29-19(14-6-3-7-14)26-27-20(15)29)12-28-11-10-23-21(28)16-8-4-9-18(22)25-16/h4,8-11,13-14H,2-3,5-7,12H2,1H3. The molecule has 29 heavy (non-hydrogen) atoms. The summed E-state index contributed by atoms with van der Waals surface area (Å²) < 4.78 is 17.6. The van der Waals surface area contributed by atoms with Crippen molar-refractivity contribution in [1.82, 2.24) is 34.1 Å². The Balaban J connectivity index is 1.54. The van der Waals surface area contributed by atoms with Crippen molar-refractivity contribution in [2.24, 2.45) is 0 Å². The quantitative estimate of drug-likeness (QED) is 0.468. The lowest BCUT2D eigenvalue weighted by Gasteiger charge is -2.23. The Bertz CT molecular complexity index is 1160. The average molecular weight is 391 g/mol. The van der Waals surface area contributed by atoms with E-state index in [2.05, 4.69) is 31.5 Å². The van der Waals surface area contributed by atoms with E-state index in [9.17, 15) is 4.39 Å². The van der Waals surface area contributed by atoms with Crippen LogP contribution in [0.5, 0.6) is 0 Å². The van der Waals surface area contributed by atoms with Crippen LogP contribution in [-0.4, -0.2) is 34.1 Å². The summed E-state index contributed by atoms with van der Waals surface area (Å²) in [4.78, 5) is 13.1. The van der Waals surface area contributed by atoms with Crippen molar-refractivity contribution in [2.45, 2.75) is 51.5 Å². The van der Waals surface area contributed by atoms with Crippen molar-refractivity contribution >= 4 is 5.65 Å². The number of hydrogen-bond acceptors (Lipinski definition) is 5. The second kappa shape index (κ2) is 7.35. The van der Waals surface area contributed by atoms with Gasteiger partial charge in [-0.15, -0.1) is 10.2 Å². The van der Waals surface area contributed by atoms with E-state index in [0.717, 1.165) is 35.6 Å². The molecule has 8 heteroatoms. The van der Waals surface area contributed by atoms with Crippen LogP contribution in [0.3, 0.4) is 0 Å². The van der Waals surface area contributed by atoms with Crippen LogP contribution in [0.1, 0.15) is 55.6 Å². The van der Waals surface area contributed by atoms with Crippen molar-refractivity contribution in [3.63, 3.8) is 0 Å². The van der Waals surface area contributed by atoms with Crippen molar-refractivity contribution < 1.29 is 4.39 Å². The fourth-order valence-corrected chi connectivity index (χ4v) is 3.91. The third-order valence-electron chi connectivity index (χ3n) is 5.62. The predicted octanol–water partition coefficient (Wildman–Crippen LogP) is 3.79. The summed E-state index contributed by atoms with van der Waals surface area (Å²) in [5, 5.41) is 8.98. The third kappa shape index (κ3) is 3.18. The van der Waals surface area contributed by atoms with E-state index in [1.54, 1.807) is 18.3 Å². The van der Waals surface area contributed by atoms with Crippen molar-refractivity contribution in [3.8, 4) is 11.5 Å². The zero-order valence-corrected chi connectivity index (χ0v) is 16.3. The van der Waals surface area contributed by atoms with Crippen LogP contribution in [0.25, 0.3) is 17.2 Å². The predicted molar refractivity (Wildman–Crippen MR) is 106 cm³/mol. The molecule has 0 saturated heterocycles. The maximum atomic E-state index is 13.6. The number of halogens is 1. The minimum absolute atomic E-state index is 0.492. The molecule has 0 amide bonds. The van der Waals surface area contributed by atoms with Crippen molar-refractivity contribution in [1.29, 1.82) is 0 Å². The molecule has 0 aromatic carbocycles. The van der Waals surface area contributed by atoms with Gasteiger partial charge in [0, 0.05) is 23.9 Å². The highest BCUT2D eigenvalue weighted by molar-refractivity contribution is 5.52. The number of imidazole rings is 1. The van der Waals surface area contributed by atoms with Gasteiger partial charge in [0.25, 0.3) is 0 Å². The Hall–Kier alpha value is -3.16. The first kappa shape index (κ1) is 17.9. The summed E-state index contributed by atoms with van der Waals surface area (Å²) in [6, 6.07) is 4.73. The summed E-state index contributed by atoms with van der Waals surface area (Å²) in [6.07, 6.45) is 10.9. The fraction of sp³-hybridized carbons (Fsp3) is 0.381. The van der Waals surface area contributed by atoms with Crippen LogP contribution in [-0.2, 0) is 13.0 Å². The molecule has 4 aromatic rings. The van der Waals surface area contributed by atoms with Gasteiger partial charge in [-0.05, 0) is 31.4 Å². The highest BCUT2D eigenvalue weighted by Crippen LogP contribution is 2.35. The van der Waals surface area contributed by atoms with E-state index in [4.69, 9.17) is 4.98 Å². The number of aryl methyl sites for hydroxylation is 1. The van der Waals surface area contributed by atoms with E-state index in [0.29, 0.717) is 24.0 Å². The summed E-state index contributed by atoms with van der Waals surface area (Å²) in [5.74, 6) is 1.61. The second-order valence-corrected chi connectivity index (χ2v) is 7.52. The van der Waals surface area contributed by atoms with Gasteiger partial charge in [0.2, 0.25) is 5.95 Å². The molecule has 0 N–H and O–H groups in total. The topological polar surface area (TPSA) is 73.8 Å². The van der Waals surface area contributed by atoms with Crippen LogP contribution >= 0.6 is 0 Å². The lowest BCUT2D eigenvalue weighted by Crippen LogP contribution is -2.14. The Morgan fingerprint density at radius 1 is 1.17 bits per heavy atom. The van der Waals surface area contributed by atoms with E-state index < -0.39 is 5.95 Å². The van der Waals surface area contributed by atoms with Gasteiger partial charge in [-0.25, -0.2) is 15.0 Å². The monoisotopic (exact) mass is 391 g/mol. The smallest absolute Gasteiger partial charge is 0.213 e. The molecule has 148 valence electrons. The fourth-order valence-electron chi connectivity index (χ4n) is 3.91. The van der Waals surface area contributed by atoms with Crippen molar-refractivity contribution in [3.05, 3.63) is 59.9 Å². The van der Waals surface area contributed by atoms with Crippen molar-refractivity contribution in [2.75, 3.05) is 0 Å². The zero-order valence-electron chi connectivity index (χ0n) is 16.3. The van der Waals surface area contributed by atoms with E-state index in [1.165, 1.54) is 25.3 Å². The number of aromatic nitrogens is 7. The number of fused-ring (bicyclic) bond motifs is 1. The molecular formula is C21H22FN7. The molecule has 0 atom stereocenters. The first-order valence-electron chi connectivity index (χ1n) is 10.1. The van der Waals surface area contributed by atoms with Gasteiger partial charge in [0.15, 0.2) is 11.5 Å². The first-order chi connectivity index (χ1) is 14.2. The minimum atomic E-state index is -0.518. The molecule has 1 fully saturated rings. The van der Waals surface area contributed by atoms with Crippen LogP contribution in [0.4, 0.5) is 4.39 Å². The molecule has 0 aliphatic heterocycles. The highest BCUT2D eigenvalue weighted by Gasteiger charge is 2.26. The number of nitrogens with zero attached hydrogens (tertiary/aromatic N) is 7. The Morgan fingerprint density at radius 3 is 2.83 bits per heavy atom. The molecule has 0 radical (unpaired) electrons. The lowest BCUT2D eigenvalue weighted by molar-refractivity contribution is 0.398. The lowest BCUT2D eigenvalue weighted by atomic mass is 9.85. The summed E-state index contributed by atoms with van der Waals surface area (Å²) in [6.45, 7) is 2.67. The average Bonchev–Trinajstić information content (AvgIpc) is 3.30. The molecule has 7 nitrogen and oxygen atoms in total. The molecule has 0 unspecified atom stereocenters. The largest absolute Gasteiger partial charge is 0.324 e. The Morgan fingerprint density at radius 2 is 2.07 bits per heavy atom. The van der Waals surface area contributed by atoms with Crippen LogP contribution in [0.15, 0.2) is 36.9 Å². The Labute approximate surface area is 167 Å². The normalized spacial score (nSPS) is 14.4. The SMILES string of the molecule is CCCc1c(Cn2ccnc2-c2cccc(F)n2)ncn2c(C3CCC3)nnc12. The second-order valence-electron chi connectivity index (χ2n) is 7.52. The van der Waals surface area contributed by atoms with Crippen LogP contribution in [0, 0.1) is 5.95 Å². The molecule has 1 saturated carbocycles. The molecule has 4 aromatic heterocycles. The number of hydrogen-bond donors (Lipinski definition) is 0. The highest BCUT2D eigenvalue weighted by atomic mass is 19.1. The molecule has 0 spiro atoms. The van der Waals surface area contributed by atoms with Gasteiger partial charge in [-0.1, -0.05) is 25.8 Å². The maximum Gasteiger partial charge on any atom is 0.213 e. The van der Waals surface area contributed by atoms with Gasteiger partial charge in [-0.2, -0.15) is 4.39 Å². The van der Waals surface area contributed by atoms with Gasteiger partial charge in [0.1, 0.15) is 17.8 Å². The van der Waals surface area contributed by atoms with Crippen LogP contribution < -0.4 is 0 Å². The molecule has 5 rings (SSSR count). The minimum Gasteiger partial charge on any atom is -0.324 e. The van der Waals surface area contributed by atoms with E-state index in [-0.39, 0.29) is 0 Å². The number of rotatable bonds is 6. The van der Waals surface area contributed by atoms with Gasteiger partial charge in [-0.3, -0.25) is 4.40 Å². The van der Waals surface area contributed by atoms with Gasteiger partial charge < -0.3 is 4.57 Å². The van der Waals surface area contributed by atoms with E-state index in [1.807, 2.05) is 17.1 Å². The summed E-state index contributed by atoms with van der Waals surface area (Å²) in [7, 11) is 0. The van der Waals surface area contributed by atoms with Gasteiger partial charge in [0.05, 0.1) is 12.2 Å². The third-order valence-corrected chi connectivity index (χ3v) is 5.62. The van der Waals surface area contributed by atoms with Crippen LogP contribution in [0.2, 0.25) is 0 Å². The molecule has 1 aliphatic carbocycles. The maximum absolute atomic E-state index is 13.6. The molecule has 4 heterocycles. The number of pyridine rings is 1. The van der Waals surface area contributed by atoms with Gasteiger partial charge >= 0.3 is 0 Å². The first-order valence-corrected chi connectivity index (χ1v) is 10.1. The van der Waals surface area contributed by atoms with E-state index >= 15 is 0 Å². The Kier molecular flexibility index (Phi) is 4.54. The summed E-state index contributed by atoms with van der Waals surface area (Å²) in [5.41, 5.74) is 3.44. The zero-order chi connectivity index (χ0) is 19.8. The molecule has 1 aliphatic rings. The molecular weight excluding hydrogens is 369 g/mol. The molecule has 0 bridgehead atoms.